The van der Waals surface area contributed by atoms with Crippen molar-refractivity contribution in [2.75, 3.05) is 34.4 Å². The van der Waals surface area contributed by atoms with E-state index in [0.29, 0.717) is 17.9 Å². The van der Waals surface area contributed by atoms with Crippen molar-refractivity contribution in [3.63, 3.8) is 0 Å². The Kier molecular flexibility index (Phi) is 18.5. The van der Waals surface area contributed by atoms with Crippen LogP contribution in [0.15, 0.2) is 95.2 Å². The summed E-state index contributed by atoms with van der Waals surface area (Å²) in [6.45, 7) is 11.5. The third-order valence-corrected chi connectivity index (χ3v) is 9.20. The van der Waals surface area contributed by atoms with Crippen molar-refractivity contribution in [2.45, 2.75) is 91.1 Å². The van der Waals surface area contributed by atoms with Crippen molar-refractivity contribution in [1.29, 1.82) is 0 Å². The Morgan fingerprint density at radius 1 is 1.05 bits per heavy atom. The Bertz CT molecular complexity index is 1710. The zero-order valence-corrected chi connectivity index (χ0v) is 34.1. The first kappa shape index (κ1) is 47.2. The summed E-state index contributed by atoms with van der Waals surface area (Å²) in [5, 5.41) is 24.9. The molecule has 15 nitrogen and oxygen atoms in total. The fourth-order valence-electron chi connectivity index (χ4n) is 5.44. The number of esters is 1. The number of hydrogen-bond acceptors (Lipinski definition) is 12. The van der Waals surface area contributed by atoms with Crippen molar-refractivity contribution in [3.05, 3.63) is 102 Å². The summed E-state index contributed by atoms with van der Waals surface area (Å²) in [6, 6.07) is -1.22. The predicted octanol–water partition coefficient (Wildman–Crippen LogP) is 4.43. The van der Waals surface area contributed by atoms with Gasteiger partial charge in [0.2, 0.25) is 5.91 Å². The van der Waals surface area contributed by atoms with E-state index in [1.165, 1.54) is 33.4 Å². The molecule has 0 aromatic carbocycles. The van der Waals surface area contributed by atoms with Gasteiger partial charge in [0.05, 0.1) is 30.9 Å². The molecule has 308 valence electrons. The molecule has 1 saturated heterocycles. The Labute approximate surface area is 329 Å². The van der Waals surface area contributed by atoms with Crippen molar-refractivity contribution in [1.82, 2.24) is 20.3 Å². The molecule has 5 atom stereocenters. The number of hydroxylamine groups is 2. The van der Waals surface area contributed by atoms with Crippen LogP contribution in [-0.2, 0) is 44.5 Å². The number of oxazole rings is 1. The van der Waals surface area contributed by atoms with Gasteiger partial charge in [-0.3, -0.25) is 19.6 Å². The predicted molar refractivity (Wildman–Crippen MR) is 208 cm³/mol. The molecular weight excluding hydrogens is 724 g/mol. The first-order chi connectivity index (χ1) is 26.4. The van der Waals surface area contributed by atoms with E-state index >= 15 is 0 Å². The lowest BCUT2D eigenvalue weighted by molar-refractivity contribution is -0.273. The Morgan fingerprint density at radius 3 is 2.27 bits per heavy atom. The monoisotopic (exact) mass is 782 g/mol. The average Bonchev–Trinajstić information content (AvgIpc) is 3.78. The largest absolute Gasteiger partial charge is 0.467 e. The number of rotatable bonds is 20. The molecular formula is C41H58N4O11. The Morgan fingerprint density at radius 2 is 1.68 bits per heavy atom. The molecule has 2 heterocycles. The Hall–Kier alpha value is -4.93. The van der Waals surface area contributed by atoms with E-state index in [1.807, 2.05) is 18.2 Å². The fraction of sp³-hybridized carbons (Fsp3) is 0.488. The van der Waals surface area contributed by atoms with Gasteiger partial charge in [0, 0.05) is 40.1 Å². The molecule has 56 heavy (non-hydrogen) atoms. The number of aryl methyl sites for hydroxylation is 1. The summed E-state index contributed by atoms with van der Waals surface area (Å²) in [6.07, 6.45) is 22.3. The van der Waals surface area contributed by atoms with Crippen molar-refractivity contribution < 1.29 is 52.9 Å². The summed E-state index contributed by atoms with van der Waals surface area (Å²) in [5.74, 6) is -2.90. The minimum atomic E-state index is -2.30. The highest BCUT2D eigenvalue weighted by atomic mass is 16.8. The number of nitrogens with zero attached hydrogens (tertiary/aromatic N) is 3. The van der Waals surface area contributed by atoms with E-state index in [2.05, 4.69) is 10.3 Å². The first-order valence-electron chi connectivity index (χ1n) is 18.2. The molecule has 2 rings (SSSR count). The maximum Gasteiger partial charge on any atom is 0.331 e. The molecule has 0 aliphatic carbocycles. The minimum Gasteiger partial charge on any atom is -0.467 e. The van der Waals surface area contributed by atoms with Gasteiger partial charge in [-0.05, 0) is 46.6 Å². The van der Waals surface area contributed by atoms with Crippen LogP contribution >= 0.6 is 0 Å². The number of carbonyl (C=O) groups is 4. The molecule has 0 spiro atoms. The molecule has 3 amide bonds. The molecule has 15 heteroatoms. The van der Waals surface area contributed by atoms with E-state index in [9.17, 15) is 29.5 Å². The van der Waals surface area contributed by atoms with Crippen LogP contribution in [0.2, 0.25) is 0 Å². The van der Waals surface area contributed by atoms with E-state index in [4.69, 9.17) is 23.4 Å². The van der Waals surface area contributed by atoms with E-state index in [0.717, 1.165) is 16.7 Å². The highest BCUT2D eigenvalue weighted by Gasteiger charge is 2.60. The third kappa shape index (κ3) is 12.8. The van der Waals surface area contributed by atoms with Gasteiger partial charge in [0.15, 0.2) is 17.7 Å². The summed E-state index contributed by atoms with van der Waals surface area (Å²) in [7, 11) is 3.85. The molecule has 0 radical (unpaired) electrons. The topological polar surface area (TPSA) is 190 Å². The number of aliphatic hydroxyl groups is 1. The van der Waals surface area contributed by atoms with Crippen molar-refractivity contribution >= 4 is 23.7 Å². The zero-order chi connectivity index (χ0) is 42.1. The Balaban J connectivity index is 1.94. The van der Waals surface area contributed by atoms with Crippen LogP contribution < -0.4 is 5.32 Å². The van der Waals surface area contributed by atoms with Gasteiger partial charge < -0.3 is 38.7 Å². The standard InChI is InChI=1S/C41H58N4O11/c1-11-40(7)54-28-41(56-40,38(50)44(8)34(30(3)52-9)36(48)53-10)45(51)33(46)25-21-15-13-12-14-18-22-26-42-37(49)39(5,6)35(47)29(2)23-19-16-17-20-24-32-27-43-31(4)55-32/h12-23,25,27,30,34-35,47,51H,11,24,26,28H2,1-10H3,(H,42,49)/b14-12+,15-13+,19-16-,20-17+,22-18-,25-21+,29-23-. The summed E-state index contributed by atoms with van der Waals surface area (Å²) in [5.41, 5.74) is -2.75. The molecule has 0 bridgehead atoms. The second-order valence-corrected chi connectivity index (χ2v) is 13.8. The molecule has 1 aromatic rings. The number of likely N-dealkylation sites (N-methyl/N-ethyl adjacent to an activating group) is 1. The third-order valence-electron chi connectivity index (χ3n) is 9.20. The van der Waals surface area contributed by atoms with Crippen molar-refractivity contribution in [2.24, 2.45) is 5.41 Å². The SMILES string of the molecule is CCC1(C)OCC(C(=O)N(C)C(C(=O)OC)C(C)OC)(N(O)C(=O)/C=C/C=C/C=C/C=C\CNC(=O)C(C)(C)C(O)\C(C)=C/C=C\C=C\Cc2cnc(C)o2)O1. The lowest BCUT2D eigenvalue weighted by atomic mass is 9.81. The van der Waals surface area contributed by atoms with Crippen LogP contribution in [-0.4, -0.2) is 113 Å². The number of aliphatic hydroxyl groups excluding tert-OH is 1. The van der Waals surface area contributed by atoms with E-state index in [-0.39, 0.29) is 23.9 Å². The smallest absolute Gasteiger partial charge is 0.331 e. The highest BCUT2D eigenvalue weighted by molar-refractivity contribution is 5.95. The highest BCUT2D eigenvalue weighted by Crippen LogP contribution is 2.37. The lowest BCUT2D eigenvalue weighted by Gasteiger charge is -2.39. The number of methoxy groups -OCH3 is 2. The number of amides is 3. The number of aromatic nitrogens is 1. The van der Waals surface area contributed by atoms with Gasteiger partial charge in [0.25, 0.3) is 17.5 Å². The van der Waals surface area contributed by atoms with Gasteiger partial charge >= 0.3 is 5.97 Å². The molecule has 5 unspecified atom stereocenters. The van der Waals surface area contributed by atoms with Gasteiger partial charge in [0.1, 0.15) is 12.4 Å². The van der Waals surface area contributed by atoms with Crippen molar-refractivity contribution in [3.8, 4) is 0 Å². The summed E-state index contributed by atoms with van der Waals surface area (Å²) < 4.78 is 27.2. The van der Waals surface area contributed by atoms with E-state index < -0.39 is 59.6 Å². The van der Waals surface area contributed by atoms with Crippen LogP contribution in [0.3, 0.4) is 0 Å². The number of nitrogens with one attached hydrogen (secondary N) is 1. The normalized spacial score (nSPS) is 21.2. The molecule has 1 fully saturated rings. The average molecular weight is 783 g/mol. The fourth-order valence-corrected chi connectivity index (χ4v) is 5.44. The van der Waals surface area contributed by atoms with Crippen LogP contribution in [0, 0.1) is 12.3 Å². The van der Waals surface area contributed by atoms with Crippen LogP contribution in [0.5, 0.6) is 0 Å². The maximum absolute atomic E-state index is 13.9. The lowest BCUT2D eigenvalue weighted by Crippen LogP contribution is -2.65. The van der Waals surface area contributed by atoms with E-state index in [1.54, 1.807) is 97.2 Å². The quantitative estimate of drug-likeness (QED) is 0.0556. The molecule has 1 aliphatic heterocycles. The molecule has 1 aromatic heterocycles. The second-order valence-electron chi connectivity index (χ2n) is 13.8. The number of carbonyl (C=O) groups excluding carboxylic acids is 4. The van der Waals surface area contributed by atoms with Gasteiger partial charge in [-0.2, -0.15) is 5.06 Å². The van der Waals surface area contributed by atoms with Crippen LogP contribution in [0.1, 0.15) is 59.6 Å². The second kappa shape index (κ2) is 22.0. The number of ether oxygens (including phenoxy) is 4. The summed E-state index contributed by atoms with van der Waals surface area (Å²) >= 11 is 0. The molecule has 3 N–H and O–H groups in total. The van der Waals surface area contributed by atoms with Crippen LogP contribution in [0.25, 0.3) is 0 Å². The first-order valence-corrected chi connectivity index (χ1v) is 18.2. The maximum atomic E-state index is 13.9. The summed E-state index contributed by atoms with van der Waals surface area (Å²) in [4.78, 5) is 57.5. The zero-order valence-electron chi connectivity index (χ0n) is 34.1. The van der Waals surface area contributed by atoms with Gasteiger partial charge in [-0.25, -0.2) is 9.78 Å². The van der Waals surface area contributed by atoms with Gasteiger partial charge in [-0.15, -0.1) is 0 Å². The minimum absolute atomic E-state index is 0.161. The number of allylic oxidation sites excluding steroid dienone is 11. The van der Waals surface area contributed by atoms with Gasteiger partial charge in [-0.1, -0.05) is 79.8 Å². The number of hydrogen-bond donors (Lipinski definition) is 3. The molecule has 0 saturated carbocycles. The van der Waals surface area contributed by atoms with Crippen LogP contribution in [0.4, 0.5) is 0 Å². The molecule has 1 aliphatic rings.